The quantitative estimate of drug-likeness (QED) is 0.708. The van der Waals surface area contributed by atoms with Crippen LogP contribution in [0.1, 0.15) is 16.1 Å². The number of furan rings is 1. The molecule has 1 heterocycles. The maximum Gasteiger partial charge on any atom is 0.291 e. The van der Waals surface area contributed by atoms with Crippen LogP contribution in [0.25, 0.3) is 11.0 Å². The molecule has 0 radical (unpaired) electrons. The number of carbonyl (C=O) groups is 2. The van der Waals surface area contributed by atoms with Crippen LogP contribution in [0.4, 0.5) is 5.69 Å². The molecule has 0 spiro atoms. The van der Waals surface area contributed by atoms with E-state index in [0.717, 1.165) is 10.9 Å². The molecule has 0 aliphatic heterocycles. The summed E-state index contributed by atoms with van der Waals surface area (Å²) >= 11 is 0. The predicted octanol–water partition coefficient (Wildman–Crippen LogP) is 2.87. The molecular formula is C19H18N2O5. The molecule has 0 saturated heterocycles. The molecule has 3 aromatic rings. The zero-order valence-corrected chi connectivity index (χ0v) is 14.4. The van der Waals surface area contributed by atoms with Gasteiger partial charge in [0.05, 0.1) is 7.11 Å². The Morgan fingerprint density at radius 3 is 2.62 bits per heavy atom. The lowest BCUT2D eigenvalue weighted by Gasteiger charge is -2.11. The summed E-state index contributed by atoms with van der Waals surface area (Å²) in [5.41, 5.74) is 6.97. The number of anilines is 1. The third-order valence-electron chi connectivity index (χ3n) is 3.84. The lowest BCUT2D eigenvalue weighted by atomic mass is 10.1. The largest absolute Gasteiger partial charge is 0.493 e. The molecule has 0 saturated carbocycles. The van der Waals surface area contributed by atoms with Crippen LogP contribution in [-0.2, 0) is 4.79 Å². The first-order valence-electron chi connectivity index (χ1n) is 7.88. The van der Waals surface area contributed by atoms with Gasteiger partial charge in [-0.2, -0.15) is 0 Å². The number of amides is 2. The van der Waals surface area contributed by atoms with Gasteiger partial charge in [0.1, 0.15) is 5.58 Å². The van der Waals surface area contributed by atoms with E-state index >= 15 is 0 Å². The van der Waals surface area contributed by atoms with Crippen LogP contribution in [0.2, 0.25) is 0 Å². The molecule has 7 heteroatoms. The molecule has 7 nitrogen and oxygen atoms in total. The van der Waals surface area contributed by atoms with Gasteiger partial charge >= 0.3 is 0 Å². The number of primary amides is 1. The smallest absolute Gasteiger partial charge is 0.291 e. The van der Waals surface area contributed by atoms with E-state index in [9.17, 15) is 9.59 Å². The molecule has 0 atom stereocenters. The number of hydrogen-bond acceptors (Lipinski definition) is 5. The summed E-state index contributed by atoms with van der Waals surface area (Å²) < 4.78 is 16.1. The summed E-state index contributed by atoms with van der Waals surface area (Å²) in [4.78, 5) is 23.5. The normalized spacial score (nSPS) is 10.5. The number of methoxy groups -OCH3 is 1. The van der Waals surface area contributed by atoms with Gasteiger partial charge in [0, 0.05) is 22.7 Å². The van der Waals surface area contributed by atoms with Gasteiger partial charge < -0.3 is 24.9 Å². The molecule has 0 fully saturated rings. The van der Waals surface area contributed by atoms with E-state index in [-0.39, 0.29) is 18.3 Å². The molecule has 134 valence electrons. The minimum Gasteiger partial charge on any atom is -0.493 e. The van der Waals surface area contributed by atoms with Gasteiger partial charge in [-0.15, -0.1) is 0 Å². The fourth-order valence-electron chi connectivity index (χ4n) is 2.59. The number of ether oxygens (including phenoxy) is 2. The van der Waals surface area contributed by atoms with E-state index in [0.29, 0.717) is 22.8 Å². The number of aryl methyl sites for hydroxylation is 1. The Hall–Kier alpha value is -3.48. The highest BCUT2D eigenvalue weighted by Gasteiger charge is 2.18. The fourth-order valence-corrected chi connectivity index (χ4v) is 2.59. The monoisotopic (exact) mass is 354 g/mol. The van der Waals surface area contributed by atoms with Crippen molar-refractivity contribution in [2.45, 2.75) is 6.92 Å². The highest BCUT2D eigenvalue weighted by atomic mass is 16.5. The number of benzene rings is 2. The highest BCUT2D eigenvalue weighted by Crippen LogP contribution is 2.31. The number of fused-ring (bicyclic) bond motifs is 1. The number of nitrogens with two attached hydrogens (primary N) is 1. The van der Waals surface area contributed by atoms with E-state index in [1.165, 1.54) is 7.11 Å². The Labute approximate surface area is 149 Å². The van der Waals surface area contributed by atoms with Crippen LogP contribution in [0.3, 0.4) is 0 Å². The Balaban J connectivity index is 1.85. The minimum atomic E-state index is -0.612. The van der Waals surface area contributed by atoms with Crippen LogP contribution < -0.4 is 20.5 Å². The number of para-hydroxylation sites is 1. The Bertz CT molecular complexity index is 977. The lowest BCUT2D eigenvalue weighted by Crippen LogP contribution is -2.20. The summed E-state index contributed by atoms with van der Waals surface area (Å²) in [6, 6.07) is 12.3. The number of carbonyl (C=O) groups excluding carboxylic acids is 2. The molecule has 3 rings (SSSR count). The molecule has 3 N–H and O–H groups in total. The Morgan fingerprint density at radius 2 is 1.92 bits per heavy atom. The van der Waals surface area contributed by atoms with Crippen molar-refractivity contribution in [3.8, 4) is 11.5 Å². The first kappa shape index (κ1) is 17.3. The van der Waals surface area contributed by atoms with Gasteiger partial charge in [-0.3, -0.25) is 9.59 Å². The second kappa shape index (κ2) is 7.18. The fraction of sp³-hybridized carbons (Fsp3) is 0.158. The standard InChI is InChI=1S/C19H18N2O5/c1-11-13-5-3-4-6-14(13)26-18(11)19(23)21-12-7-8-15(24-2)16(9-12)25-10-17(20)22/h3-9H,10H2,1-2H3,(H2,20,22)(H,21,23). The molecule has 1 aromatic heterocycles. The maximum atomic E-state index is 12.6. The van der Waals surface area contributed by atoms with Crippen molar-refractivity contribution in [2.75, 3.05) is 19.0 Å². The molecule has 0 unspecified atom stereocenters. The SMILES string of the molecule is COc1ccc(NC(=O)c2oc3ccccc3c2C)cc1OCC(N)=O. The van der Waals surface area contributed by atoms with E-state index < -0.39 is 5.91 Å². The van der Waals surface area contributed by atoms with Gasteiger partial charge in [0.2, 0.25) is 0 Å². The number of hydrogen-bond donors (Lipinski definition) is 2. The third-order valence-corrected chi connectivity index (χ3v) is 3.84. The van der Waals surface area contributed by atoms with Gasteiger partial charge in [-0.25, -0.2) is 0 Å². The van der Waals surface area contributed by atoms with Gasteiger partial charge in [0.15, 0.2) is 23.9 Å². The van der Waals surface area contributed by atoms with Crippen LogP contribution in [0.5, 0.6) is 11.5 Å². The minimum absolute atomic E-state index is 0.238. The average Bonchev–Trinajstić information content (AvgIpc) is 2.97. The van der Waals surface area contributed by atoms with E-state index in [2.05, 4.69) is 5.32 Å². The maximum absolute atomic E-state index is 12.6. The van der Waals surface area contributed by atoms with Crippen molar-refractivity contribution in [3.63, 3.8) is 0 Å². The molecule has 2 aromatic carbocycles. The number of nitrogens with one attached hydrogen (secondary N) is 1. The van der Waals surface area contributed by atoms with Crippen molar-refractivity contribution in [1.82, 2.24) is 0 Å². The van der Waals surface area contributed by atoms with Crippen molar-refractivity contribution < 1.29 is 23.5 Å². The molecule has 2 amide bonds. The zero-order valence-electron chi connectivity index (χ0n) is 14.4. The van der Waals surface area contributed by atoms with Crippen molar-refractivity contribution in [2.24, 2.45) is 5.73 Å². The molecular weight excluding hydrogens is 336 g/mol. The molecule has 26 heavy (non-hydrogen) atoms. The van der Waals surface area contributed by atoms with E-state index in [1.54, 1.807) is 18.2 Å². The van der Waals surface area contributed by atoms with Gasteiger partial charge in [-0.05, 0) is 25.1 Å². The topological polar surface area (TPSA) is 104 Å². The van der Waals surface area contributed by atoms with Crippen LogP contribution >= 0.6 is 0 Å². The third kappa shape index (κ3) is 3.46. The molecule has 0 bridgehead atoms. The van der Waals surface area contributed by atoms with Crippen molar-refractivity contribution >= 4 is 28.5 Å². The second-order valence-electron chi connectivity index (χ2n) is 5.63. The van der Waals surface area contributed by atoms with Gasteiger partial charge in [0.25, 0.3) is 11.8 Å². The summed E-state index contributed by atoms with van der Waals surface area (Å²) in [6.45, 7) is 1.53. The summed E-state index contributed by atoms with van der Waals surface area (Å²) in [7, 11) is 1.47. The Morgan fingerprint density at radius 1 is 1.15 bits per heavy atom. The first-order valence-corrected chi connectivity index (χ1v) is 7.88. The van der Waals surface area contributed by atoms with Crippen LogP contribution in [0.15, 0.2) is 46.9 Å². The highest BCUT2D eigenvalue weighted by molar-refractivity contribution is 6.06. The summed E-state index contributed by atoms with van der Waals surface area (Å²) in [5, 5.41) is 3.64. The Kier molecular flexibility index (Phi) is 4.79. The van der Waals surface area contributed by atoms with E-state index in [4.69, 9.17) is 19.6 Å². The molecule has 0 aliphatic carbocycles. The first-order chi connectivity index (χ1) is 12.5. The van der Waals surface area contributed by atoms with Crippen LogP contribution in [-0.4, -0.2) is 25.5 Å². The molecule has 0 aliphatic rings. The van der Waals surface area contributed by atoms with Crippen molar-refractivity contribution in [1.29, 1.82) is 0 Å². The number of rotatable bonds is 6. The lowest BCUT2D eigenvalue weighted by molar-refractivity contribution is -0.119. The van der Waals surface area contributed by atoms with E-state index in [1.807, 2.05) is 31.2 Å². The van der Waals surface area contributed by atoms with Crippen molar-refractivity contribution in [3.05, 3.63) is 53.8 Å². The van der Waals surface area contributed by atoms with Gasteiger partial charge in [-0.1, -0.05) is 18.2 Å². The average molecular weight is 354 g/mol. The second-order valence-corrected chi connectivity index (χ2v) is 5.63. The summed E-state index contributed by atoms with van der Waals surface area (Å²) in [6.07, 6.45) is 0. The predicted molar refractivity (Wildman–Crippen MR) is 96.6 cm³/mol. The van der Waals surface area contributed by atoms with Crippen LogP contribution in [0, 0.1) is 6.92 Å². The zero-order chi connectivity index (χ0) is 18.7. The summed E-state index contributed by atoms with van der Waals surface area (Å²) in [5.74, 6) is -0.0414.